The molecule has 1 aliphatic rings. The predicted molar refractivity (Wildman–Crippen MR) is 104 cm³/mol. The molecule has 0 spiro atoms. The maximum Gasteiger partial charge on any atom is 0.270 e. The van der Waals surface area contributed by atoms with E-state index in [4.69, 9.17) is 4.74 Å². The van der Waals surface area contributed by atoms with Crippen molar-refractivity contribution in [1.29, 1.82) is 0 Å². The SMILES string of the molecule is Cc1ccccc1C(=O)Nc1ccc2c(c1)NC(=O)C(c1ccccc1)O2. The molecular formula is C22H18N2O3. The molecule has 134 valence electrons. The Morgan fingerprint density at radius 3 is 2.52 bits per heavy atom. The number of hydrogen-bond acceptors (Lipinski definition) is 3. The Kier molecular flexibility index (Phi) is 4.34. The molecule has 1 atom stereocenters. The molecule has 5 nitrogen and oxygen atoms in total. The van der Waals surface area contributed by atoms with E-state index >= 15 is 0 Å². The van der Waals surface area contributed by atoms with Crippen molar-refractivity contribution in [2.24, 2.45) is 0 Å². The molecule has 0 aliphatic carbocycles. The number of amides is 2. The minimum absolute atomic E-state index is 0.196. The number of fused-ring (bicyclic) bond motifs is 1. The molecule has 0 radical (unpaired) electrons. The third-order valence-electron chi connectivity index (χ3n) is 4.47. The van der Waals surface area contributed by atoms with E-state index in [1.165, 1.54) is 0 Å². The van der Waals surface area contributed by atoms with E-state index in [1.54, 1.807) is 24.3 Å². The zero-order chi connectivity index (χ0) is 18.8. The zero-order valence-electron chi connectivity index (χ0n) is 14.7. The molecule has 1 aliphatic heterocycles. The van der Waals surface area contributed by atoms with Crippen LogP contribution in [-0.2, 0) is 4.79 Å². The number of carbonyl (C=O) groups is 2. The zero-order valence-corrected chi connectivity index (χ0v) is 14.7. The highest BCUT2D eigenvalue weighted by atomic mass is 16.5. The van der Waals surface area contributed by atoms with E-state index in [0.29, 0.717) is 22.7 Å². The molecule has 0 saturated carbocycles. The number of nitrogens with one attached hydrogen (secondary N) is 2. The Labute approximate surface area is 157 Å². The van der Waals surface area contributed by atoms with Crippen molar-refractivity contribution in [2.45, 2.75) is 13.0 Å². The van der Waals surface area contributed by atoms with Gasteiger partial charge in [-0.25, -0.2) is 0 Å². The Balaban J connectivity index is 1.55. The van der Waals surface area contributed by atoms with Crippen molar-refractivity contribution in [2.75, 3.05) is 10.6 Å². The molecule has 1 unspecified atom stereocenters. The number of benzene rings is 3. The summed E-state index contributed by atoms with van der Waals surface area (Å²) in [6.45, 7) is 1.89. The fraction of sp³-hybridized carbons (Fsp3) is 0.0909. The van der Waals surface area contributed by atoms with E-state index in [2.05, 4.69) is 10.6 Å². The van der Waals surface area contributed by atoms with Crippen molar-refractivity contribution in [3.8, 4) is 5.75 Å². The van der Waals surface area contributed by atoms with E-state index < -0.39 is 6.10 Å². The lowest BCUT2D eigenvalue weighted by Gasteiger charge is -2.26. The van der Waals surface area contributed by atoms with Gasteiger partial charge in [-0.3, -0.25) is 9.59 Å². The highest BCUT2D eigenvalue weighted by Gasteiger charge is 2.29. The second kappa shape index (κ2) is 6.96. The van der Waals surface area contributed by atoms with Gasteiger partial charge in [-0.1, -0.05) is 48.5 Å². The molecule has 3 aromatic carbocycles. The number of carbonyl (C=O) groups excluding carboxylic acids is 2. The summed E-state index contributed by atoms with van der Waals surface area (Å²) in [5, 5.41) is 5.72. The summed E-state index contributed by atoms with van der Waals surface area (Å²) in [7, 11) is 0. The van der Waals surface area contributed by atoms with Crippen molar-refractivity contribution in [3.63, 3.8) is 0 Å². The second-order valence-corrected chi connectivity index (χ2v) is 6.38. The molecule has 0 saturated heterocycles. The van der Waals surface area contributed by atoms with Gasteiger partial charge in [-0.2, -0.15) is 0 Å². The molecule has 1 heterocycles. The number of aryl methyl sites for hydroxylation is 1. The van der Waals surface area contributed by atoms with Crippen molar-refractivity contribution in [3.05, 3.63) is 89.5 Å². The van der Waals surface area contributed by atoms with E-state index in [0.717, 1.165) is 11.1 Å². The van der Waals surface area contributed by atoms with Crippen molar-refractivity contribution < 1.29 is 14.3 Å². The fourth-order valence-electron chi connectivity index (χ4n) is 3.06. The molecule has 4 rings (SSSR count). The van der Waals surface area contributed by atoms with E-state index in [-0.39, 0.29) is 11.8 Å². The molecule has 5 heteroatoms. The Morgan fingerprint density at radius 2 is 1.74 bits per heavy atom. The van der Waals surface area contributed by atoms with Gasteiger partial charge in [0.15, 0.2) is 0 Å². The number of ether oxygens (including phenoxy) is 1. The predicted octanol–water partition coefficient (Wildman–Crippen LogP) is 4.32. The molecule has 2 amide bonds. The van der Waals surface area contributed by atoms with E-state index in [1.807, 2.05) is 55.5 Å². The van der Waals surface area contributed by atoms with Crippen LogP contribution in [0, 0.1) is 6.92 Å². The van der Waals surface area contributed by atoms with Gasteiger partial charge in [-0.05, 0) is 36.8 Å². The third-order valence-corrected chi connectivity index (χ3v) is 4.47. The normalized spacial score (nSPS) is 15.3. The fourth-order valence-corrected chi connectivity index (χ4v) is 3.06. The highest BCUT2D eigenvalue weighted by Crippen LogP contribution is 2.36. The highest BCUT2D eigenvalue weighted by molar-refractivity contribution is 6.06. The van der Waals surface area contributed by atoms with Crippen LogP contribution in [0.2, 0.25) is 0 Å². The summed E-state index contributed by atoms with van der Waals surface area (Å²) < 4.78 is 5.87. The lowest BCUT2D eigenvalue weighted by molar-refractivity contribution is -0.123. The van der Waals surface area contributed by atoms with Gasteiger partial charge in [0.05, 0.1) is 5.69 Å². The smallest absolute Gasteiger partial charge is 0.270 e. The third kappa shape index (κ3) is 3.40. The lowest BCUT2D eigenvalue weighted by Crippen LogP contribution is -2.30. The average molecular weight is 358 g/mol. The van der Waals surface area contributed by atoms with Crippen LogP contribution < -0.4 is 15.4 Å². The summed E-state index contributed by atoms with van der Waals surface area (Å²) in [6.07, 6.45) is -0.689. The van der Waals surface area contributed by atoms with Gasteiger partial charge in [-0.15, -0.1) is 0 Å². The average Bonchev–Trinajstić information content (AvgIpc) is 2.68. The van der Waals surface area contributed by atoms with Crippen LogP contribution in [0.5, 0.6) is 5.75 Å². The summed E-state index contributed by atoms with van der Waals surface area (Å²) >= 11 is 0. The van der Waals surface area contributed by atoms with Crippen LogP contribution in [-0.4, -0.2) is 11.8 Å². The second-order valence-electron chi connectivity index (χ2n) is 6.38. The molecule has 3 aromatic rings. The van der Waals surface area contributed by atoms with Crippen LogP contribution in [0.3, 0.4) is 0 Å². The molecular weight excluding hydrogens is 340 g/mol. The first-order valence-corrected chi connectivity index (χ1v) is 8.65. The molecule has 2 N–H and O–H groups in total. The van der Waals surface area contributed by atoms with Gasteiger partial charge in [0.1, 0.15) is 5.75 Å². The number of anilines is 2. The number of hydrogen-bond donors (Lipinski definition) is 2. The van der Waals surface area contributed by atoms with Crippen molar-refractivity contribution >= 4 is 23.2 Å². The summed E-state index contributed by atoms with van der Waals surface area (Å²) in [5.74, 6) is 0.131. The summed E-state index contributed by atoms with van der Waals surface area (Å²) in [5.41, 5.74) is 3.42. The first kappa shape index (κ1) is 16.8. The molecule has 0 bridgehead atoms. The van der Waals surface area contributed by atoms with Crippen LogP contribution in [0.1, 0.15) is 27.6 Å². The number of rotatable bonds is 3. The molecule has 27 heavy (non-hydrogen) atoms. The lowest BCUT2D eigenvalue weighted by atomic mass is 10.1. The first-order valence-electron chi connectivity index (χ1n) is 8.65. The largest absolute Gasteiger partial charge is 0.474 e. The van der Waals surface area contributed by atoms with Crippen molar-refractivity contribution in [1.82, 2.24) is 0 Å². The standard InChI is InChI=1S/C22H18N2O3/c1-14-7-5-6-10-17(14)21(25)23-16-11-12-19-18(13-16)24-22(26)20(27-19)15-8-3-2-4-9-15/h2-13,20H,1H3,(H,23,25)(H,24,26). The Morgan fingerprint density at radius 1 is 1.00 bits per heavy atom. The quantitative estimate of drug-likeness (QED) is 0.733. The minimum Gasteiger partial charge on any atom is -0.474 e. The summed E-state index contributed by atoms with van der Waals surface area (Å²) in [6, 6.07) is 21.9. The molecule has 0 aromatic heterocycles. The molecule has 0 fully saturated rings. The van der Waals surface area contributed by atoms with Gasteiger partial charge in [0, 0.05) is 16.8 Å². The van der Waals surface area contributed by atoms with Crippen LogP contribution in [0.15, 0.2) is 72.8 Å². The maximum atomic E-state index is 12.5. The van der Waals surface area contributed by atoms with Gasteiger partial charge < -0.3 is 15.4 Å². The van der Waals surface area contributed by atoms with E-state index in [9.17, 15) is 9.59 Å². The van der Waals surface area contributed by atoms with Gasteiger partial charge in [0.25, 0.3) is 11.8 Å². The first-order chi connectivity index (χ1) is 13.1. The van der Waals surface area contributed by atoms with Crippen LogP contribution in [0.25, 0.3) is 0 Å². The topological polar surface area (TPSA) is 67.4 Å². The minimum atomic E-state index is -0.689. The van der Waals surface area contributed by atoms with Crippen LogP contribution >= 0.6 is 0 Å². The Bertz CT molecular complexity index is 1020. The van der Waals surface area contributed by atoms with Gasteiger partial charge in [0.2, 0.25) is 6.10 Å². The monoisotopic (exact) mass is 358 g/mol. The maximum absolute atomic E-state index is 12.5. The summed E-state index contributed by atoms with van der Waals surface area (Å²) in [4.78, 5) is 24.9. The Hall–Kier alpha value is -3.60. The van der Waals surface area contributed by atoms with Gasteiger partial charge >= 0.3 is 0 Å². The van der Waals surface area contributed by atoms with Crippen LogP contribution in [0.4, 0.5) is 11.4 Å².